The van der Waals surface area contributed by atoms with Gasteiger partial charge in [0.2, 0.25) is 0 Å². The summed E-state index contributed by atoms with van der Waals surface area (Å²) in [6.07, 6.45) is 19.8. The van der Waals surface area contributed by atoms with Crippen LogP contribution in [0.3, 0.4) is 0 Å². The Hall–Kier alpha value is -4.25. The Morgan fingerprint density at radius 3 is 2.64 bits per heavy atom. The summed E-state index contributed by atoms with van der Waals surface area (Å²) in [5.74, 6) is 0.758. The van der Waals surface area contributed by atoms with Gasteiger partial charge < -0.3 is 4.98 Å². The molecular weight excluding hydrogens is 478 g/mol. The highest BCUT2D eigenvalue weighted by Crippen LogP contribution is 2.33. The summed E-state index contributed by atoms with van der Waals surface area (Å²) >= 11 is 0. The number of allylic oxidation sites excluding steroid dienone is 7. The van der Waals surface area contributed by atoms with Gasteiger partial charge in [0.15, 0.2) is 0 Å². The van der Waals surface area contributed by atoms with Gasteiger partial charge in [-0.25, -0.2) is 4.98 Å². The molecule has 0 saturated heterocycles. The van der Waals surface area contributed by atoms with Crippen LogP contribution in [0.25, 0.3) is 33.6 Å². The van der Waals surface area contributed by atoms with Crippen molar-refractivity contribution in [3.63, 3.8) is 0 Å². The Kier molecular flexibility index (Phi) is 8.16. The van der Waals surface area contributed by atoms with Crippen molar-refractivity contribution in [1.29, 1.82) is 0 Å². The third-order valence-corrected chi connectivity index (χ3v) is 7.65. The summed E-state index contributed by atoms with van der Waals surface area (Å²) in [5.41, 5.74) is 10.8. The molecule has 0 atom stereocenters. The number of aryl methyl sites for hydroxylation is 1. The molecule has 0 radical (unpaired) electrons. The first-order valence-electron chi connectivity index (χ1n) is 13.9. The van der Waals surface area contributed by atoms with E-state index in [-0.39, 0.29) is 0 Å². The maximum absolute atomic E-state index is 5.09. The largest absolute Gasteiger partial charge is 0.357 e. The second-order valence-electron chi connectivity index (χ2n) is 10.3. The SMILES string of the molecule is C=C/C=C(/c1ccccn1)c1cc(-c2n[nH]c3ccc(C(/C=C(\C=C)CC4CCCCC4)=C/C)nc23)[nH]c1C. The van der Waals surface area contributed by atoms with Crippen LogP contribution in [-0.2, 0) is 0 Å². The number of hydrogen-bond acceptors (Lipinski definition) is 3. The van der Waals surface area contributed by atoms with Gasteiger partial charge in [-0.05, 0) is 73.7 Å². The van der Waals surface area contributed by atoms with Crippen LogP contribution >= 0.6 is 0 Å². The quantitative estimate of drug-likeness (QED) is 0.219. The van der Waals surface area contributed by atoms with E-state index >= 15 is 0 Å². The molecule has 2 N–H and O–H groups in total. The summed E-state index contributed by atoms with van der Waals surface area (Å²) in [5, 5.41) is 7.82. The highest BCUT2D eigenvalue weighted by Gasteiger charge is 2.18. The average Bonchev–Trinajstić information content (AvgIpc) is 3.57. The van der Waals surface area contributed by atoms with Gasteiger partial charge in [0.25, 0.3) is 0 Å². The van der Waals surface area contributed by atoms with Gasteiger partial charge in [-0.3, -0.25) is 10.1 Å². The first kappa shape index (κ1) is 26.4. The first-order valence-corrected chi connectivity index (χ1v) is 13.9. The Balaban J connectivity index is 1.49. The summed E-state index contributed by atoms with van der Waals surface area (Å²) in [4.78, 5) is 13.2. The van der Waals surface area contributed by atoms with E-state index in [1.54, 1.807) is 6.08 Å². The molecule has 1 saturated carbocycles. The molecule has 5 nitrogen and oxygen atoms in total. The maximum Gasteiger partial charge on any atom is 0.135 e. The molecule has 5 rings (SSSR count). The minimum Gasteiger partial charge on any atom is -0.357 e. The average molecular weight is 516 g/mol. The number of pyridine rings is 2. The lowest BCUT2D eigenvalue weighted by Crippen LogP contribution is -2.06. The third kappa shape index (κ3) is 5.78. The molecular formula is C34H37N5. The summed E-state index contributed by atoms with van der Waals surface area (Å²) in [7, 11) is 0. The Bertz CT molecular complexity index is 1560. The Morgan fingerprint density at radius 2 is 1.92 bits per heavy atom. The van der Waals surface area contributed by atoms with Crippen LogP contribution in [0.15, 0.2) is 91.7 Å². The lowest BCUT2D eigenvalue weighted by molar-refractivity contribution is 0.358. The number of aromatic amines is 2. The normalized spacial score (nSPS) is 15.6. The van der Waals surface area contributed by atoms with E-state index in [2.05, 4.69) is 77.5 Å². The van der Waals surface area contributed by atoms with E-state index in [0.717, 1.165) is 68.6 Å². The predicted octanol–water partition coefficient (Wildman–Crippen LogP) is 8.76. The molecule has 0 unspecified atom stereocenters. The summed E-state index contributed by atoms with van der Waals surface area (Å²) in [6, 6.07) is 12.2. The predicted molar refractivity (Wildman–Crippen MR) is 163 cm³/mol. The van der Waals surface area contributed by atoms with Crippen LogP contribution in [0.5, 0.6) is 0 Å². The molecule has 4 aromatic heterocycles. The maximum atomic E-state index is 5.09. The van der Waals surface area contributed by atoms with Gasteiger partial charge in [-0.15, -0.1) is 0 Å². The minimum atomic E-state index is 0.758. The smallest absolute Gasteiger partial charge is 0.135 e. The molecule has 4 aromatic rings. The van der Waals surface area contributed by atoms with Crippen molar-refractivity contribution in [3.8, 4) is 11.4 Å². The number of aromatic nitrogens is 5. The topological polar surface area (TPSA) is 70.2 Å². The van der Waals surface area contributed by atoms with Crippen molar-refractivity contribution in [2.75, 3.05) is 0 Å². The first-order chi connectivity index (χ1) is 19.1. The minimum absolute atomic E-state index is 0.758. The number of hydrogen-bond donors (Lipinski definition) is 2. The molecule has 0 spiro atoms. The van der Waals surface area contributed by atoms with Gasteiger partial charge in [0.05, 0.1) is 22.6 Å². The van der Waals surface area contributed by atoms with Crippen molar-refractivity contribution in [3.05, 3.63) is 114 Å². The Morgan fingerprint density at radius 1 is 1.08 bits per heavy atom. The van der Waals surface area contributed by atoms with Crippen molar-refractivity contribution in [2.45, 2.75) is 52.4 Å². The van der Waals surface area contributed by atoms with Crippen LogP contribution in [0.2, 0.25) is 0 Å². The van der Waals surface area contributed by atoms with Crippen molar-refractivity contribution in [1.82, 2.24) is 25.1 Å². The highest BCUT2D eigenvalue weighted by atomic mass is 15.1. The van der Waals surface area contributed by atoms with Crippen LogP contribution in [0.4, 0.5) is 0 Å². The van der Waals surface area contributed by atoms with Gasteiger partial charge in [0, 0.05) is 23.0 Å². The lowest BCUT2D eigenvalue weighted by atomic mass is 9.84. The number of fused-ring (bicyclic) bond motifs is 1. The fraction of sp³-hybridized carbons (Fsp3) is 0.265. The Labute approximate surface area is 231 Å². The molecule has 1 aliphatic carbocycles. The molecule has 5 heteroatoms. The zero-order valence-electron chi connectivity index (χ0n) is 23.0. The van der Waals surface area contributed by atoms with E-state index in [4.69, 9.17) is 4.98 Å². The number of nitrogens with zero attached hydrogens (tertiary/aromatic N) is 3. The molecule has 0 aliphatic heterocycles. The van der Waals surface area contributed by atoms with Crippen LogP contribution in [0, 0.1) is 12.8 Å². The molecule has 39 heavy (non-hydrogen) atoms. The number of H-pyrrole nitrogens is 2. The van der Waals surface area contributed by atoms with Crippen LogP contribution in [0.1, 0.15) is 68.1 Å². The molecule has 0 amide bonds. The van der Waals surface area contributed by atoms with Gasteiger partial charge in [0.1, 0.15) is 11.2 Å². The second kappa shape index (κ2) is 12.1. The highest BCUT2D eigenvalue weighted by molar-refractivity contribution is 5.92. The van der Waals surface area contributed by atoms with E-state index in [1.165, 1.54) is 37.7 Å². The molecule has 198 valence electrons. The summed E-state index contributed by atoms with van der Waals surface area (Å²) < 4.78 is 0. The fourth-order valence-electron chi connectivity index (χ4n) is 5.60. The van der Waals surface area contributed by atoms with Gasteiger partial charge in [-0.1, -0.05) is 75.6 Å². The van der Waals surface area contributed by atoms with E-state index < -0.39 is 0 Å². The summed E-state index contributed by atoms with van der Waals surface area (Å²) in [6.45, 7) is 12.2. The van der Waals surface area contributed by atoms with Crippen molar-refractivity contribution in [2.24, 2.45) is 5.92 Å². The molecule has 1 fully saturated rings. The van der Waals surface area contributed by atoms with Crippen LogP contribution < -0.4 is 0 Å². The van der Waals surface area contributed by atoms with E-state index in [9.17, 15) is 0 Å². The zero-order chi connectivity index (χ0) is 27.2. The standard InChI is InChI=1S/C34H37N5/c1-5-13-27(30-16-11-12-19-35-30)28-22-32(36-23(28)4)34-33-31(38-39-34)18-17-29(37-33)26(7-3)21-24(6-2)20-25-14-9-8-10-15-25/h5-7,11-13,16-19,21-22,25,36H,1-2,8-10,14-15,20H2,3-4H3,(H,38,39)/b24-21+,26-7+,27-13+. The molecule has 0 aromatic carbocycles. The third-order valence-electron chi connectivity index (χ3n) is 7.65. The van der Waals surface area contributed by atoms with Crippen molar-refractivity contribution >= 4 is 22.2 Å². The second-order valence-corrected chi connectivity index (χ2v) is 10.3. The van der Waals surface area contributed by atoms with Gasteiger partial charge in [-0.2, -0.15) is 5.10 Å². The lowest BCUT2D eigenvalue weighted by Gasteiger charge is -2.22. The fourth-order valence-corrected chi connectivity index (χ4v) is 5.60. The zero-order valence-corrected chi connectivity index (χ0v) is 23.0. The van der Waals surface area contributed by atoms with Crippen molar-refractivity contribution < 1.29 is 0 Å². The number of rotatable bonds is 9. The van der Waals surface area contributed by atoms with Gasteiger partial charge >= 0.3 is 0 Å². The van der Waals surface area contributed by atoms with E-state index in [0.29, 0.717) is 0 Å². The van der Waals surface area contributed by atoms with Crippen LogP contribution in [-0.4, -0.2) is 25.1 Å². The van der Waals surface area contributed by atoms with E-state index in [1.807, 2.05) is 36.5 Å². The molecule has 1 aliphatic rings. The molecule has 0 bridgehead atoms. The number of nitrogens with one attached hydrogen (secondary N) is 2. The monoisotopic (exact) mass is 515 g/mol. The molecule has 4 heterocycles.